The molecule has 4 rings (SSSR count). The van der Waals surface area contributed by atoms with Crippen molar-refractivity contribution in [3.05, 3.63) is 54.1 Å². The van der Waals surface area contributed by atoms with Crippen molar-refractivity contribution in [2.24, 2.45) is 5.73 Å². The molecule has 1 saturated heterocycles. The number of ether oxygens (including phenoxy) is 2. The van der Waals surface area contributed by atoms with E-state index in [1.54, 1.807) is 40.0 Å². The Labute approximate surface area is 216 Å². The molecule has 0 radical (unpaired) electrons. The number of carboxylic acids is 1. The maximum atomic E-state index is 13.0. The maximum absolute atomic E-state index is 13.0. The van der Waals surface area contributed by atoms with Gasteiger partial charge in [0.25, 0.3) is 5.91 Å². The van der Waals surface area contributed by atoms with Gasteiger partial charge in [0.1, 0.15) is 0 Å². The van der Waals surface area contributed by atoms with E-state index in [1.807, 2.05) is 12.3 Å². The third-order valence-electron chi connectivity index (χ3n) is 5.57. The van der Waals surface area contributed by atoms with Crippen LogP contribution in [0.5, 0.6) is 0 Å². The Bertz CT molecular complexity index is 1150. The molecule has 182 valence electrons. The summed E-state index contributed by atoms with van der Waals surface area (Å²) in [6, 6.07) is 7.11. The summed E-state index contributed by atoms with van der Waals surface area (Å²) < 4.78 is 14.1. The average molecular weight is 476 g/mol. The van der Waals surface area contributed by atoms with E-state index in [1.165, 1.54) is 0 Å². The number of carbonyl (C=O) groups is 2. The molecule has 3 heterocycles. The van der Waals surface area contributed by atoms with Crippen molar-refractivity contribution in [1.82, 2.24) is 19.6 Å². The van der Waals surface area contributed by atoms with Crippen LogP contribution in [0.4, 0.5) is 5.69 Å². The molecule has 1 aliphatic heterocycles. The van der Waals surface area contributed by atoms with E-state index >= 15 is 0 Å². The Morgan fingerprint density at radius 2 is 2.03 bits per heavy atom. The molecule has 2 aromatic heterocycles. The van der Waals surface area contributed by atoms with Gasteiger partial charge in [-0.2, -0.15) is 10.2 Å². The van der Waals surface area contributed by atoms with Crippen LogP contribution in [0.3, 0.4) is 0 Å². The number of aromatic carboxylic acids is 1. The van der Waals surface area contributed by atoms with Crippen molar-refractivity contribution in [3.63, 3.8) is 0 Å². The van der Waals surface area contributed by atoms with E-state index in [0.29, 0.717) is 45.1 Å². The van der Waals surface area contributed by atoms with Crippen molar-refractivity contribution in [1.29, 1.82) is 0 Å². The minimum atomic E-state index is -1.20. The smallest absolute Gasteiger partial charge is 1.00 e. The molecular formula is C23H29LiN6O5. The molecule has 0 atom stereocenters. The fourth-order valence-electron chi connectivity index (χ4n) is 3.79. The molecule has 0 aliphatic carbocycles. The average Bonchev–Trinajstić information content (AvgIpc) is 3.50. The molecular weight excluding hydrogens is 447 g/mol. The molecule has 1 fully saturated rings. The zero-order valence-corrected chi connectivity index (χ0v) is 19.7. The number of aromatic nitrogens is 4. The first kappa shape index (κ1) is 26.7. The summed E-state index contributed by atoms with van der Waals surface area (Å²) in [6.07, 6.45) is 6.66. The largest absolute Gasteiger partial charge is 1.00 e. The number of carbonyl (C=O) groups excluding carboxylic acids is 1. The van der Waals surface area contributed by atoms with Crippen LogP contribution in [-0.4, -0.2) is 69.5 Å². The SMILES string of the molecule is NCCOCCn1cc(-c2cccc(C(=O)Nc3cn(C4CCOCC4)nc3C(=O)O)c2)cn1.[H-].[Li+]. The summed E-state index contributed by atoms with van der Waals surface area (Å²) in [5.74, 6) is -1.61. The van der Waals surface area contributed by atoms with E-state index in [-0.39, 0.29) is 37.7 Å². The minimum Gasteiger partial charge on any atom is -1.00 e. The number of nitrogens with two attached hydrogens (primary N) is 1. The Balaban J connectivity index is 0.00000228. The van der Waals surface area contributed by atoms with Crippen molar-refractivity contribution in [3.8, 4) is 11.1 Å². The van der Waals surface area contributed by atoms with Crippen LogP contribution in [0, 0.1) is 0 Å². The number of nitrogens with zero attached hydrogens (tertiary/aromatic N) is 4. The zero-order valence-electron chi connectivity index (χ0n) is 20.7. The Hall–Kier alpha value is -2.94. The molecule has 1 aromatic carbocycles. The summed E-state index contributed by atoms with van der Waals surface area (Å²) in [7, 11) is 0. The Morgan fingerprint density at radius 3 is 2.77 bits per heavy atom. The minimum absolute atomic E-state index is 0. The second-order valence-corrected chi connectivity index (χ2v) is 7.95. The third kappa shape index (κ3) is 6.81. The number of hydrogen-bond donors (Lipinski definition) is 3. The van der Waals surface area contributed by atoms with Crippen LogP contribution >= 0.6 is 0 Å². The van der Waals surface area contributed by atoms with E-state index in [2.05, 4.69) is 15.5 Å². The number of nitrogens with one attached hydrogen (secondary N) is 1. The van der Waals surface area contributed by atoms with Crippen LogP contribution < -0.4 is 29.9 Å². The zero-order chi connectivity index (χ0) is 23.9. The normalized spacial score (nSPS) is 13.9. The van der Waals surface area contributed by atoms with Gasteiger partial charge in [-0.05, 0) is 30.5 Å². The van der Waals surface area contributed by atoms with Gasteiger partial charge in [-0.25, -0.2) is 4.79 Å². The van der Waals surface area contributed by atoms with E-state index < -0.39 is 11.9 Å². The topological polar surface area (TPSA) is 147 Å². The quantitative estimate of drug-likeness (QED) is 0.253. The molecule has 3 aromatic rings. The van der Waals surface area contributed by atoms with Gasteiger partial charge in [0.2, 0.25) is 0 Å². The first-order valence-corrected chi connectivity index (χ1v) is 11.2. The maximum Gasteiger partial charge on any atom is 1.00 e. The number of amides is 1. The molecule has 0 saturated carbocycles. The third-order valence-corrected chi connectivity index (χ3v) is 5.57. The predicted molar refractivity (Wildman–Crippen MR) is 125 cm³/mol. The summed E-state index contributed by atoms with van der Waals surface area (Å²) >= 11 is 0. The van der Waals surface area contributed by atoms with Crippen LogP contribution in [0.15, 0.2) is 42.9 Å². The molecule has 35 heavy (non-hydrogen) atoms. The summed E-state index contributed by atoms with van der Waals surface area (Å²) in [4.78, 5) is 24.7. The molecule has 11 nitrogen and oxygen atoms in total. The second kappa shape index (κ2) is 12.7. The van der Waals surface area contributed by atoms with Crippen LogP contribution in [-0.2, 0) is 16.0 Å². The predicted octanol–water partition coefficient (Wildman–Crippen LogP) is -0.860. The summed E-state index contributed by atoms with van der Waals surface area (Å²) in [5, 5.41) is 20.8. The van der Waals surface area contributed by atoms with Gasteiger partial charge in [0.15, 0.2) is 5.69 Å². The van der Waals surface area contributed by atoms with Gasteiger partial charge in [-0.15, -0.1) is 0 Å². The van der Waals surface area contributed by atoms with Crippen molar-refractivity contribution in [2.75, 3.05) is 38.3 Å². The van der Waals surface area contributed by atoms with E-state index in [0.717, 1.165) is 24.0 Å². The number of carboxylic acid groups (broad SMARTS) is 1. The van der Waals surface area contributed by atoms with Crippen LogP contribution in [0.1, 0.15) is 41.2 Å². The van der Waals surface area contributed by atoms with Crippen LogP contribution in [0.25, 0.3) is 11.1 Å². The Kier molecular flexibility index (Phi) is 9.65. The monoisotopic (exact) mass is 476 g/mol. The fraction of sp³-hybridized carbons (Fsp3) is 0.391. The van der Waals surface area contributed by atoms with Crippen molar-refractivity contribution < 1.29 is 44.5 Å². The van der Waals surface area contributed by atoms with Gasteiger partial charge in [0, 0.05) is 43.3 Å². The van der Waals surface area contributed by atoms with Gasteiger partial charge in [-0.3, -0.25) is 14.2 Å². The van der Waals surface area contributed by atoms with Crippen molar-refractivity contribution >= 4 is 17.6 Å². The number of rotatable bonds is 10. The fourth-order valence-corrected chi connectivity index (χ4v) is 3.79. The van der Waals surface area contributed by atoms with Crippen molar-refractivity contribution in [2.45, 2.75) is 25.4 Å². The molecule has 0 bridgehead atoms. The molecule has 1 amide bonds. The number of benzene rings is 1. The number of hydrogen-bond acceptors (Lipinski definition) is 7. The van der Waals surface area contributed by atoms with E-state index in [9.17, 15) is 14.7 Å². The molecule has 0 unspecified atom stereocenters. The molecule has 4 N–H and O–H groups in total. The van der Waals surface area contributed by atoms with Gasteiger partial charge >= 0.3 is 24.8 Å². The van der Waals surface area contributed by atoms with Gasteiger partial charge < -0.3 is 27.1 Å². The van der Waals surface area contributed by atoms with Gasteiger partial charge in [0.05, 0.1) is 37.7 Å². The number of anilines is 1. The second-order valence-electron chi connectivity index (χ2n) is 7.95. The summed E-state index contributed by atoms with van der Waals surface area (Å²) in [6.45, 7) is 3.27. The summed E-state index contributed by atoms with van der Waals surface area (Å²) in [5.41, 5.74) is 7.46. The van der Waals surface area contributed by atoms with E-state index in [4.69, 9.17) is 15.2 Å². The standard InChI is InChI=1S/C23H28N6O5.Li.H/c24-6-10-34-11-7-28-14-18(13-25-28)16-2-1-3-17(12-16)22(30)26-20-15-29(27-21(20)23(31)32)19-4-8-33-9-5-19;;/h1-3,12-15,19H,4-11,24H2,(H,26,30)(H,31,32);;/q;+1;-1. The van der Waals surface area contributed by atoms with Crippen LogP contribution in [0.2, 0.25) is 0 Å². The molecule has 0 spiro atoms. The van der Waals surface area contributed by atoms with Gasteiger partial charge in [-0.1, -0.05) is 12.1 Å². The first-order valence-electron chi connectivity index (χ1n) is 11.2. The first-order chi connectivity index (χ1) is 16.5. The molecule has 12 heteroatoms. The molecule has 1 aliphatic rings. The Morgan fingerprint density at radius 1 is 1.23 bits per heavy atom.